The number of hydrogen-bond acceptors (Lipinski definition) is 6. The number of carbonyl (C=O) groups is 1. The molecular formula is C38H51NO6. The number of carbonyl (C=O) groups excluding carboxylic acids is 1. The average Bonchev–Trinajstić information content (AvgIpc) is 3.39. The highest BCUT2D eigenvalue weighted by molar-refractivity contribution is 5.79. The Morgan fingerprint density at radius 1 is 0.644 bits per heavy atom. The zero-order valence-electron chi connectivity index (χ0n) is 27.0. The Hall–Kier alpha value is -3.39. The molecule has 1 aliphatic carbocycles. The molecular weight excluding hydrogens is 566 g/mol. The molecule has 45 heavy (non-hydrogen) atoms. The molecule has 0 unspecified atom stereocenters. The summed E-state index contributed by atoms with van der Waals surface area (Å²) in [5.41, 5.74) is 6.23. The van der Waals surface area contributed by atoms with E-state index >= 15 is 0 Å². The lowest BCUT2D eigenvalue weighted by Gasteiger charge is -2.14. The van der Waals surface area contributed by atoms with Gasteiger partial charge in [-0.25, -0.2) is 4.79 Å². The van der Waals surface area contributed by atoms with Gasteiger partial charge in [-0.1, -0.05) is 99.7 Å². The summed E-state index contributed by atoms with van der Waals surface area (Å²) in [6.45, 7) is 6.69. The van der Waals surface area contributed by atoms with E-state index in [0.717, 1.165) is 12.2 Å². The molecule has 0 spiro atoms. The number of ether oxygens (including phenoxy) is 5. The fourth-order valence-corrected chi connectivity index (χ4v) is 5.64. The van der Waals surface area contributed by atoms with E-state index in [4.69, 9.17) is 23.7 Å². The summed E-state index contributed by atoms with van der Waals surface area (Å²) in [7, 11) is 0. The standard InChI is InChI=1S/C38H51NO6/c1-2-3-4-5-6-7-13-31-18-20-32(21-19-31)44-29-28-43-27-26-42-25-24-41-23-12-22-39-38(40)45-30-37-35-16-10-8-14-33(35)34-15-9-11-17-36(34)37/h8-11,14-21,37H,2-7,12-13,22-30H2,1H3,(H,39,40). The fraction of sp³-hybridized carbons (Fsp3) is 0.500. The highest BCUT2D eigenvalue weighted by atomic mass is 16.6. The molecule has 3 aromatic carbocycles. The van der Waals surface area contributed by atoms with E-state index in [1.165, 1.54) is 66.3 Å². The lowest BCUT2D eigenvalue weighted by atomic mass is 9.98. The van der Waals surface area contributed by atoms with E-state index in [1.54, 1.807) is 0 Å². The molecule has 1 amide bonds. The summed E-state index contributed by atoms with van der Waals surface area (Å²) in [6.07, 6.45) is 9.38. The fourth-order valence-electron chi connectivity index (χ4n) is 5.64. The molecule has 0 saturated carbocycles. The van der Waals surface area contributed by atoms with Crippen LogP contribution in [0.5, 0.6) is 5.75 Å². The molecule has 4 rings (SSSR count). The highest BCUT2D eigenvalue weighted by Crippen LogP contribution is 2.44. The Kier molecular flexibility index (Phi) is 15.8. The van der Waals surface area contributed by atoms with Crippen LogP contribution in [-0.4, -0.2) is 65.5 Å². The second kappa shape index (κ2) is 20.6. The minimum Gasteiger partial charge on any atom is -0.491 e. The maximum atomic E-state index is 12.3. The van der Waals surface area contributed by atoms with Crippen LogP contribution in [0.2, 0.25) is 0 Å². The monoisotopic (exact) mass is 617 g/mol. The van der Waals surface area contributed by atoms with Gasteiger partial charge in [-0.05, 0) is 59.2 Å². The van der Waals surface area contributed by atoms with E-state index in [1.807, 2.05) is 36.4 Å². The van der Waals surface area contributed by atoms with Gasteiger partial charge in [-0.15, -0.1) is 0 Å². The van der Waals surface area contributed by atoms with Crippen LogP contribution in [0.15, 0.2) is 72.8 Å². The summed E-state index contributed by atoms with van der Waals surface area (Å²) < 4.78 is 28.1. The molecule has 1 aliphatic rings. The number of nitrogens with one attached hydrogen (secondary N) is 1. The second-order valence-corrected chi connectivity index (χ2v) is 11.5. The number of hydrogen-bond donors (Lipinski definition) is 1. The van der Waals surface area contributed by atoms with Crippen LogP contribution in [-0.2, 0) is 25.4 Å². The van der Waals surface area contributed by atoms with E-state index in [2.05, 4.69) is 48.6 Å². The van der Waals surface area contributed by atoms with Gasteiger partial charge >= 0.3 is 6.09 Å². The Labute approximate surface area is 269 Å². The Bertz CT molecular complexity index is 1200. The van der Waals surface area contributed by atoms with E-state index in [0.29, 0.717) is 65.8 Å². The lowest BCUT2D eigenvalue weighted by Crippen LogP contribution is -2.27. The third-order valence-corrected chi connectivity index (χ3v) is 8.06. The summed E-state index contributed by atoms with van der Waals surface area (Å²) in [4.78, 5) is 12.3. The van der Waals surface area contributed by atoms with Crippen LogP contribution in [0.25, 0.3) is 11.1 Å². The van der Waals surface area contributed by atoms with Crippen molar-refractivity contribution in [3.63, 3.8) is 0 Å². The van der Waals surface area contributed by atoms with Gasteiger partial charge in [0.1, 0.15) is 19.0 Å². The van der Waals surface area contributed by atoms with Crippen LogP contribution in [0.3, 0.4) is 0 Å². The zero-order valence-corrected chi connectivity index (χ0v) is 27.0. The molecule has 0 fully saturated rings. The van der Waals surface area contributed by atoms with Crippen LogP contribution in [0.1, 0.15) is 74.5 Å². The SMILES string of the molecule is CCCCCCCCc1ccc(OCCOCCOCCOCCCNC(=O)OCC2c3ccccc3-c3ccccc32)cc1. The first-order chi connectivity index (χ1) is 22.3. The van der Waals surface area contributed by atoms with Gasteiger partial charge in [0, 0.05) is 19.1 Å². The molecule has 0 radical (unpaired) electrons. The van der Waals surface area contributed by atoms with Gasteiger partial charge in [0.05, 0.1) is 33.0 Å². The van der Waals surface area contributed by atoms with Crippen molar-refractivity contribution in [2.24, 2.45) is 0 Å². The minimum atomic E-state index is -0.401. The maximum absolute atomic E-state index is 12.3. The number of unbranched alkanes of at least 4 members (excludes halogenated alkanes) is 5. The Balaban J connectivity index is 0.918. The van der Waals surface area contributed by atoms with Gasteiger partial charge in [0.15, 0.2) is 0 Å². The van der Waals surface area contributed by atoms with Crippen molar-refractivity contribution in [3.05, 3.63) is 89.5 Å². The molecule has 0 atom stereocenters. The summed E-state index contributed by atoms with van der Waals surface area (Å²) in [6, 6.07) is 25.1. The average molecular weight is 618 g/mol. The number of aryl methyl sites for hydroxylation is 1. The van der Waals surface area contributed by atoms with Crippen molar-refractivity contribution in [1.82, 2.24) is 5.32 Å². The number of amides is 1. The van der Waals surface area contributed by atoms with Gasteiger partial charge in [0.25, 0.3) is 0 Å². The van der Waals surface area contributed by atoms with Crippen molar-refractivity contribution in [3.8, 4) is 16.9 Å². The molecule has 7 heteroatoms. The normalized spacial score (nSPS) is 12.1. The molecule has 244 valence electrons. The minimum absolute atomic E-state index is 0.0625. The number of rotatable bonds is 23. The number of fused-ring (bicyclic) bond motifs is 3. The quantitative estimate of drug-likeness (QED) is 0.109. The second-order valence-electron chi connectivity index (χ2n) is 11.5. The van der Waals surface area contributed by atoms with Gasteiger partial charge < -0.3 is 29.0 Å². The first kappa shape index (κ1) is 34.5. The highest BCUT2D eigenvalue weighted by Gasteiger charge is 2.28. The Morgan fingerprint density at radius 2 is 1.22 bits per heavy atom. The third kappa shape index (κ3) is 12.1. The van der Waals surface area contributed by atoms with Crippen LogP contribution in [0, 0.1) is 0 Å². The van der Waals surface area contributed by atoms with Gasteiger partial charge in [-0.3, -0.25) is 0 Å². The third-order valence-electron chi connectivity index (χ3n) is 8.06. The molecule has 0 aromatic heterocycles. The summed E-state index contributed by atoms with van der Waals surface area (Å²) >= 11 is 0. The smallest absolute Gasteiger partial charge is 0.407 e. The van der Waals surface area contributed by atoms with Crippen molar-refractivity contribution in [2.45, 2.75) is 64.2 Å². The van der Waals surface area contributed by atoms with E-state index in [9.17, 15) is 4.79 Å². The predicted molar refractivity (Wildman–Crippen MR) is 179 cm³/mol. The van der Waals surface area contributed by atoms with Crippen molar-refractivity contribution in [1.29, 1.82) is 0 Å². The molecule has 0 heterocycles. The van der Waals surface area contributed by atoms with E-state index < -0.39 is 6.09 Å². The zero-order chi connectivity index (χ0) is 31.4. The number of benzene rings is 3. The number of alkyl carbamates (subject to hydrolysis) is 1. The largest absolute Gasteiger partial charge is 0.491 e. The first-order valence-corrected chi connectivity index (χ1v) is 16.8. The topological polar surface area (TPSA) is 75.3 Å². The molecule has 1 N–H and O–H groups in total. The van der Waals surface area contributed by atoms with Gasteiger partial charge in [-0.2, -0.15) is 0 Å². The predicted octanol–water partition coefficient (Wildman–Crippen LogP) is 7.95. The van der Waals surface area contributed by atoms with E-state index in [-0.39, 0.29) is 5.92 Å². The molecule has 0 aliphatic heterocycles. The van der Waals surface area contributed by atoms with Crippen molar-refractivity contribution in [2.75, 3.05) is 59.4 Å². The lowest BCUT2D eigenvalue weighted by molar-refractivity contribution is 0.00904. The Morgan fingerprint density at radius 3 is 1.89 bits per heavy atom. The molecule has 0 saturated heterocycles. The van der Waals surface area contributed by atoms with Crippen LogP contribution >= 0.6 is 0 Å². The molecule has 0 bridgehead atoms. The first-order valence-electron chi connectivity index (χ1n) is 16.8. The maximum Gasteiger partial charge on any atom is 0.407 e. The van der Waals surface area contributed by atoms with Gasteiger partial charge in [0.2, 0.25) is 0 Å². The summed E-state index contributed by atoms with van der Waals surface area (Å²) in [5.74, 6) is 0.944. The van der Waals surface area contributed by atoms with Crippen molar-refractivity contribution >= 4 is 6.09 Å². The molecule has 3 aromatic rings. The van der Waals surface area contributed by atoms with Crippen LogP contribution in [0.4, 0.5) is 4.79 Å². The summed E-state index contributed by atoms with van der Waals surface area (Å²) in [5, 5.41) is 2.82. The van der Waals surface area contributed by atoms with Crippen LogP contribution < -0.4 is 10.1 Å². The molecule has 7 nitrogen and oxygen atoms in total. The van der Waals surface area contributed by atoms with Crippen molar-refractivity contribution < 1.29 is 28.5 Å².